The Labute approximate surface area is 155 Å². The van der Waals surface area contributed by atoms with Gasteiger partial charge in [-0.3, -0.25) is 0 Å². The molecule has 0 heterocycles. The van der Waals surface area contributed by atoms with Crippen molar-refractivity contribution in [3.05, 3.63) is 0 Å². The van der Waals surface area contributed by atoms with Crippen molar-refractivity contribution in [2.24, 2.45) is 0 Å². The van der Waals surface area contributed by atoms with Gasteiger partial charge in [0.05, 0.1) is 58.5 Å². The fourth-order valence-electron chi connectivity index (χ4n) is 1.62. The number of aliphatic hydroxyl groups excluding tert-OH is 2. The quantitative estimate of drug-likeness (QED) is 0.322. The van der Waals surface area contributed by atoms with Crippen molar-refractivity contribution in [3.63, 3.8) is 0 Å². The maximum Gasteiger partial charge on any atom is 0.0897 e. The van der Waals surface area contributed by atoms with E-state index in [4.69, 9.17) is 18.9 Å². The highest BCUT2D eigenvalue weighted by molar-refractivity contribution is 7.99. The predicted octanol–water partition coefficient (Wildman–Crippen LogP) is 1.28. The lowest BCUT2D eigenvalue weighted by atomic mass is 10.3. The average molecular weight is 387 g/mol. The van der Waals surface area contributed by atoms with Gasteiger partial charge in [0.2, 0.25) is 0 Å². The van der Waals surface area contributed by atoms with Crippen LogP contribution in [0.15, 0.2) is 0 Å². The molecule has 0 aromatic heterocycles. The van der Waals surface area contributed by atoms with E-state index in [0.717, 1.165) is 18.8 Å². The first-order chi connectivity index (χ1) is 11.7. The molecule has 2 atom stereocenters. The Hall–Kier alpha value is 0.460. The highest BCUT2D eigenvalue weighted by Crippen LogP contribution is 2.09. The van der Waals surface area contributed by atoms with E-state index in [-0.39, 0.29) is 0 Å². The van der Waals surface area contributed by atoms with Crippen LogP contribution in [0.5, 0.6) is 0 Å². The molecule has 2 N–H and O–H groups in total. The van der Waals surface area contributed by atoms with Gasteiger partial charge in [-0.1, -0.05) is 6.92 Å². The summed E-state index contributed by atoms with van der Waals surface area (Å²) in [6.07, 6.45) is 1.62. The molecule has 0 aliphatic carbocycles. The summed E-state index contributed by atoms with van der Waals surface area (Å²) in [5, 5.41) is 19.3. The Morgan fingerprint density at radius 2 is 1.17 bits per heavy atom. The predicted molar refractivity (Wildman–Crippen MR) is 101 cm³/mol. The fraction of sp³-hybridized carbons (Fsp3) is 1.00. The van der Waals surface area contributed by atoms with Crippen LogP contribution in [0, 0.1) is 0 Å². The summed E-state index contributed by atoms with van der Waals surface area (Å²) in [6, 6.07) is 0. The largest absolute Gasteiger partial charge is 0.390 e. The van der Waals surface area contributed by atoms with Crippen LogP contribution in [0.25, 0.3) is 0 Å². The third-order valence-electron chi connectivity index (χ3n) is 2.91. The summed E-state index contributed by atoms with van der Waals surface area (Å²) in [5.74, 6) is 1.88. The lowest BCUT2D eigenvalue weighted by molar-refractivity contribution is -0.000153. The molecule has 0 amide bonds. The normalized spacial score (nSPS) is 14.0. The zero-order valence-corrected chi connectivity index (χ0v) is 16.6. The molecule has 2 unspecified atom stereocenters. The van der Waals surface area contributed by atoms with Gasteiger partial charge in [0.15, 0.2) is 0 Å². The number of aliphatic hydroxyl groups is 2. The number of thioether (sulfide) groups is 2. The molecule has 0 radical (unpaired) electrons. The van der Waals surface area contributed by atoms with Crippen LogP contribution in [0.3, 0.4) is 0 Å². The standard InChI is InChI=1S/C16H34O6S2/c1-3-4-19-5-6-20-7-8-21-9-10-22-11-12-24-14-16(18)15(17)13-23-2/h15-18H,3-14H2,1-2H3. The van der Waals surface area contributed by atoms with E-state index in [9.17, 15) is 10.2 Å². The van der Waals surface area contributed by atoms with Crippen LogP contribution in [0.1, 0.15) is 13.3 Å². The van der Waals surface area contributed by atoms with E-state index in [0.29, 0.717) is 57.8 Å². The van der Waals surface area contributed by atoms with Crippen molar-refractivity contribution in [3.8, 4) is 0 Å². The highest BCUT2D eigenvalue weighted by atomic mass is 32.2. The van der Waals surface area contributed by atoms with Crippen LogP contribution in [0.4, 0.5) is 0 Å². The van der Waals surface area contributed by atoms with Gasteiger partial charge in [-0.05, 0) is 12.7 Å². The number of hydrogen-bond acceptors (Lipinski definition) is 8. The van der Waals surface area contributed by atoms with Gasteiger partial charge >= 0.3 is 0 Å². The van der Waals surface area contributed by atoms with Gasteiger partial charge in [0.25, 0.3) is 0 Å². The van der Waals surface area contributed by atoms with Crippen molar-refractivity contribution < 1.29 is 29.2 Å². The molecule has 0 saturated heterocycles. The smallest absolute Gasteiger partial charge is 0.0897 e. The lowest BCUT2D eigenvalue weighted by Gasteiger charge is -2.16. The van der Waals surface area contributed by atoms with Crippen molar-refractivity contribution in [2.45, 2.75) is 25.6 Å². The van der Waals surface area contributed by atoms with Gasteiger partial charge in [-0.2, -0.15) is 23.5 Å². The van der Waals surface area contributed by atoms with Crippen LogP contribution in [-0.4, -0.2) is 98.8 Å². The molecule has 0 fully saturated rings. The molecular weight excluding hydrogens is 352 g/mol. The molecule has 8 heteroatoms. The molecule has 0 spiro atoms. The molecule has 0 saturated carbocycles. The molecule has 0 aromatic rings. The summed E-state index contributed by atoms with van der Waals surface area (Å²) in [6.45, 7) is 6.96. The van der Waals surface area contributed by atoms with Crippen molar-refractivity contribution in [1.29, 1.82) is 0 Å². The molecule has 0 bridgehead atoms. The van der Waals surface area contributed by atoms with Crippen molar-refractivity contribution >= 4 is 23.5 Å². The van der Waals surface area contributed by atoms with Crippen LogP contribution in [-0.2, 0) is 18.9 Å². The Bertz CT molecular complexity index is 249. The highest BCUT2D eigenvalue weighted by Gasteiger charge is 2.14. The minimum atomic E-state index is -0.668. The van der Waals surface area contributed by atoms with Gasteiger partial charge in [0.1, 0.15) is 0 Å². The summed E-state index contributed by atoms with van der Waals surface area (Å²) in [4.78, 5) is 0. The van der Waals surface area contributed by atoms with E-state index >= 15 is 0 Å². The molecular formula is C16H34O6S2. The first kappa shape index (κ1) is 24.5. The van der Waals surface area contributed by atoms with E-state index in [2.05, 4.69) is 6.92 Å². The Morgan fingerprint density at radius 3 is 1.67 bits per heavy atom. The summed E-state index contributed by atoms with van der Waals surface area (Å²) < 4.78 is 21.5. The second kappa shape index (κ2) is 19.8. The molecule has 0 aromatic carbocycles. The fourth-order valence-corrected chi connectivity index (χ4v) is 3.05. The Balaban J connectivity index is 3.12. The SMILES string of the molecule is CCCOCCOCCOCCOCCSCC(O)C(O)CSC. The van der Waals surface area contributed by atoms with Gasteiger partial charge in [0, 0.05) is 23.9 Å². The summed E-state index contributed by atoms with van der Waals surface area (Å²) in [5.41, 5.74) is 0. The second-order valence-electron chi connectivity index (χ2n) is 5.11. The summed E-state index contributed by atoms with van der Waals surface area (Å²) in [7, 11) is 0. The Kier molecular flexibility index (Phi) is 20.2. The third kappa shape index (κ3) is 17.3. The maximum atomic E-state index is 9.69. The Morgan fingerprint density at radius 1 is 0.708 bits per heavy atom. The van der Waals surface area contributed by atoms with E-state index in [1.54, 1.807) is 11.8 Å². The zero-order chi connectivity index (χ0) is 17.9. The average Bonchev–Trinajstić information content (AvgIpc) is 2.58. The van der Waals surface area contributed by atoms with Crippen LogP contribution in [0.2, 0.25) is 0 Å². The summed E-state index contributed by atoms with van der Waals surface area (Å²) >= 11 is 3.11. The maximum absolute atomic E-state index is 9.69. The van der Waals surface area contributed by atoms with Crippen molar-refractivity contribution in [1.82, 2.24) is 0 Å². The monoisotopic (exact) mass is 386 g/mol. The van der Waals surface area contributed by atoms with E-state index in [1.165, 1.54) is 11.8 Å². The topological polar surface area (TPSA) is 77.4 Å². The third-order valence-corrected chi connectivity index (χ3v) is 4.61. The van der Waals surface area contributed by atoms with Crippen LogP contribution < -0.4 is 0 Å². The molecule has 0 aliphatic rings. The minimum Gasteiger partial charge on any atom is -0.390 e. The number of rotatable bonds is 19. The van der Waals surface area contributed by atoms with E-state index < -0.39 is 12.2 Å². The van der Waals surface area contributed by atoms with Crippen molar-refractivity contribution in [2.75, 3.05) is 76.4 Å². The zero-order valence-electron chi connectivity index (χ0n) is 15.0. The molecule has 0 rings (SSSR count). The number of ether oxygens (including phenoxy) is 4. The van der Waals surface area contributed by atoms with Crippen LogP contribution >= 0.6 is 23.5 Å². The first-order valence-corrected chi connectivity index (χ1v) is 11.0. The minimum absolute atomic E-state index is 0.529. The lowest BCUT2D eigenvalue weighted by Crippen LogP contribution is -2.30. The molecule has 0 aliphatic heterocycles. The molecule has 24 heavy (non-hydrogen) atoms. The first-order valence-electron chi connectivity index (χ1n) is 8.46. The van der Waals surface area contributed by atoms with Gasteiger partial charge < -0.3 is 29.2 Å². The van der Waals surface area contributed by atoms with Gasteiger partial charge in [-0.25, -0.2) is 0 Å². The molecule has 6 nitrogen and oxygen atoms in total. The number of hydrogen-bond donors (Lipinski definition) is 2. The molecule has 146 valence electrons. The van der Waals surface area contributed by atoms with E-state index in [1.807, 2.05) is 6.26 Å². The second-order valence-corrected chi connectivity index (χ2v) is 7.17. The van der Waals surface area contributed by atoms with Gasteiger partial charge in [-0.15, -0.1) is 0 Å².